The average Bonchev–Trinajstić information content (AvgIpc) is 2.16. The number of halogens is 1. The van der Waals surface area contributed by atoms with E-state index in [0.29, 0.717) is 5.02 Å². The predicted molar refractivity (Wildman–Crippen MR) is 64.6 cm³/mol. The van der Waals surface area contributed by atoms with Gasteiger partial charge in [0, 0.05) is 5.02 Å². The van der Waals surface area contributed by atoms with Crippen molar-refractivity contribution in [1.29, 1.82) is 0 Å². The summed E-state index contributed by atoms with van der Waals surface area (Å²) in [7, 11) is 0. The summed E-state index contributed by atoms with van der Waals surface area (Å²) in [6, 6.07) is 7.24. The van der Waals surface area contributed by atoms with Crippen LogP contribution in [-0.4, -0.2) is 12.2 Å². The van der Waals surface area contributed by atoms with E-state index in [1.165, 1.54) is 0 Å². The zero-order chi connectivity index (χ0) is 12.1. The lowest BCUT2D eigenvalue weighted by molar-refractivity contribution is 0.113. The smallest absolute Gasteiger partial charge is 0.407 e. The molecule has 0 heterocycles. The Morgan fingerprint density at radius 2 is 1.94 bits per heavy atom. The van der Waals surface area contributed by atoms with E-state index < -0.39 is 6.09 Å². The Morgan fingerprint density at radius 1 is 1.31 bits per heavy atom. The van der Waals surface area contributed by atoms with Crippen LogP contribution in [0.4, 0.5) is 4.79 Å². The molecule has 1 aromatic rings. The van der Waals surface area contributed by atoms with Crippen molar-refractivity contribution in [2.75, 3.05) is 0 Å². The van der Waals surface area contributed by atoms with Gasteiger partial charge in [0.1, 0.15) is 0 Å². The summed E-state index contributed by atoms with van der Waals surface area (Å²) >= 11 is 6.02. The lowest BCUT2D eigenvalue weighted by Gasteiger charge is -2.16. The Hall–Kier alpha value is -1.22. The van der Waals surface area contributed by atoms with E-state index in [4.69, 9.17) is 16.3 Å². The monoisotopic (exact) mass is 241 g/mol. The lowest BCUT2D eigenvalue weighted by atomic mass is 10.1. The molecule has 1 amide bonds. The Balaban J connectivity index is 2.62. The molecular formula is C12H16ClNO2. The maximum absolute atomic E-state index is 11.4. The number of alkyl carbamates (subject to hydrolysis) is 1. The minimum absolute atomic E-state index is 0.126. The fraction of sp³-hybridized carbons (Fsp3) is 0.417. The van der Waals surface area contributed by atoms with Gasteiger partial charge in [-0.25, -0.2) is 4.79 Å². The van der Waals surface area contributed by atoms with E-state index in [1.807, 2.05) is 25.1 Å². The summed E-state index contributed by atoms with van der Waals surface area (Å²) in [6.07, 6.45) is -0.555. The molecule has 0 aliphatic carbocycles. The maximum atomic E-state index is 11.4. The van der Waals surface area contributed by atoms with Crippen molar-refractivity contribution in [3.63, 3.8) is 0 Å². The van der Waals surface area contributed by atoms with Crippen LogP contribution in [0.15, 0.2) is 24.3 Å². The molecule has 1 N–H and O–H groups in total. The molecule has 0 radical (unpaired) electrons. The van der Waals surface area contributed by atoms with E-state index >= 15 is 0 Å². The molecule has 0 bridgehead atoms. The van der Waals surface area contributed by atoms with E-state index in [-0.39, 0.29) is 12.1 Å². The van der Waals surface area contributed by atoms with Crippen LogP contribution in [-0.2, 0) is 4.74 Å². The molecule has 88 valence electrons. The molecule has 3 nitrogen and oxygen atoms in total. The minimum atomic E-state index is -0.428. The van der Waals surface area contributed by atoms with Gasteiger partial charge in [-0.2, -0.15) is 0 Å². The summed E-state index contributed by atoms with van der Waals surface area (Å²) in [6.45, 7) is 5.47. The Bertz CT molecular complexity index is 366. The van der Waals surface area contributed by atoms with E-state index in [1.54, 1.807) is 19.9 Å². The first-order valence-electron chi connectivity index (χ1n) is 5.22. The molecule has 4 heteroatoms. The number of carbonyl (C=O) groups is 1. The predicted octanol–water partition coefficient (Wildman–Crippen LogP) is 3.54. The quantitative estimate of drug-likeness (QED) is 0.879. The van der Waals surface area contributed by atoms with Crippen LogP contribution in [0.3, 0.4) is 0 Å². The van der Waals surface area contributed by atoms with Crippen molar-refractivity contribution in [2.24, 2.45) is 0 Å². The van der Waals surface area contributed by atoms with Crippen molar-refractivity contribution in [1.82, 2.24) is 5.32 Å². The highest BCUT2D eigenvalue weighted by Crippen LogP contribution is 2.22. The van der Waals surface area contributed by atoms with Gasteiger partial charge in [0.2, 0.25) is 0 Å². The van der Waals surface area contributed by atoms with E-state index in [9.17, 15) is 4.79 Å². The third-order valence-corrected chi connectivity index (χ3v) is 2.39. The fourth-order valence-electron chi connectivity index (χ4n) is 1.33. The summed E-state index contributed by atoms with van der Waals surface area (Å²) in [5, 5.41) is 3.36. The zero-order valence-electron chi connectivity index (χ0n) is 9.66. The SMILES string of the molecule is CC(C)OC(=O)NC(C)c1ccccc1Cl. The van der Waals surface area contributed by atoms with Gasteiger partial charge in [0.05, 0.1) is 12.1 Å². The number of hydrogen-bond donors (Lipinski definition) is 1. The van der Waals surface area contributed by atoms with Gasteiger partial charge in [-0.1, -0.05) is 29.8 Å². The van der Waals surface area contributed by atoms with Crippen LogP contribution < -0.4 is 5.32 Å². The molecule has 0 saturated heterocycles. The normalized spacial score (nSPS) is 12.3. The summed E-state index contributed by atoms with van der Waals surface area (Å²) in [5.41, 5.74) is 0.880. The molecule has 1 atom stereocenters. The highest BCUT2D eigenvalue weighted by Gasteiger charge is 2.13. The van der Waals surface area contributed by atoms with Crippen LogP contribution in [0.25, 0.3) is 0 Å². The molecule has 0 aliphatic heterocycles. The largest absolute Gasteiger partial charge is 0.447 e. The standard InChI is InChI=1S/C12H16ClNO2/c1-8(2)16-12(15)14-9(3)10-6-4-5-7-11(10)13/h4-9H,1-3H3,(H,14,15). The van der Waals surface area contributed by atoms with Crippen LogP contribution in [0, 0.1) is 0 Å². The molecule has 1 aromatic carbocycles. The minimum Gasteiger partial charge on any atom is -0.447 e. The first-order valence-corrected chi connectivity index (χ1v) is 5.60. The van der Waals surface area contributed by atoms with Crippen molar-refractivity contribution < 1.29 is 9.53 Å². The summed E-state index contributed by atoms with van der Waals surface area (Å²) in [5.74, 6) is 0. The number of benzene rings is 1. The number of carbonyl (C=O) groups excluding carboxylic acids is 1. The van der Waals surface area contributed by atoms with Gasteiger partial charge >= 0.3 is 6.09 Å². The highest BCUT2D eigenvalue weighted by atomic mass is 35.5. The van der Waals surface area contributed by atoms with Crippen LogP contribution in [0.5, 0.6) is 0 Å². The third-order valence-electron chi connectivity index (χ3n) is 2.05. The third kappa shape index (κ3) is 3.74. The van der Waals surface area contributed by atoms with Gasteiger partial charge in [0.15, 0.2) is 0 Å². The first kappa shape index (κ1) is 12.8. The van der Waals surface area contributed by atoms with E-state index in [2.05, 4.69) is 5.32 Å². The lowest BCUT2D eigenvalue weighted by Crippen LogP contribution is -2.29. The van der Waals surface area contributed by atoms with Crippen LogP contribution >= 0.6 is 11.6 Å². The molecule has 0 aliphatic rings. The number of ether oxygens (including phenoxy) is 1. The first-order chi connectivity index (χ1) is 7.50. The topological polar surface area (TPSA) is 38.3 Å². The van der Waals surface area contributed by atoms with E-state index in [0.717, 1.165) is 5.56 Å². The summed E-state index contributed by atoms with van der Waals surface area (Å²) < 4.78 is 4.99. The highest BCUT2D eigenvalue weighted by molar-refractivity contribution is 6.31. The molecule has 0 fully saturated rings. The number of rotatable bonds is 3. The molecule has 0 saturated carbocycles. The van der Waals surface area contributed by atoms with Gasteiger partial charge in [-0.3, -0.25) is 0 Å². The number of hydrogen-bond acceptors (Lipinski definition) is 2. The molecule has 0 aromatic heterocycles. The second-order valence-electron chi connectivity index (χ2n) is 3.84. The Labute approximate surface area is 101 Å². The Kier molecular flexibility index (Phi) is 4.62. The van der Waals surface area contributed by atoms with Crippen molar-refractivity contribution in [3.05, 3.63) is 34.9 Å². The molecular weight excluding hydrogens is 226 g/mol. The summed E-state index contributed by atoms with van der Waals surface area (Å²) in [4.78, 5) is 11.4. The van der Waals surface area contributed by atoms with Gasteiger partial charge in [0.25, 0.3) is 0 Å². The van der Waals surface area contributed by atoms with Crippen molar-refractivity contribution >= 4 is 17.7 Å². The zero-order valence-corrected chi connectivity index (χ0v) is 10.4. The molecule has 0 spiro atoms. The second kappa shape index (κ2) is 5.75. The molecule has 16 heavy (non-hydrogen) atoms. The molecule has 1 rings (SSSR count). The maximum Gasteiger partial charge on any atom is 0.407 e. The van der Waals surface area contributed by atoms with Crippen molar-refractivity contribution in [2.45, 2.75) is 32.9 Å². The van der Waals surface area contributed by atoms with Gasteiger partial charge < -0.3 is 10.1 Å². The van der Waals surface area contributed by atoms with Gasteiger partial charge in [-0.15, -0.1) is 0 Å². The number of amides is 1. The second-order valence-corrected chi connectivity index (χ2v) is 4.25. The number of nitrogens with one attached hydrogen (secondary N) is 1. The molecule has 1 unspecified atom stereocenters. The van der Waals surface area contributed by atoms with Gasteiger partial charge in [-0.05, 0) is 32.4 Å². The Morgan fingerprint density at radius 3 is 2.50 bits per heavy atom. The fourth-order valence-corrected chi connectivity index (χ4v) is 1.63. The van der Waals surface area contributed by atoms with Crippen LogP contribution in [0.2, 0.25) is 5.02 Å². The average molecular weight is 242 g/mol. The van der Waals surface area contributed by atoms with Crippen LogP contribution in [0.1, 0.15) is 32.4 Å². The van der Waals surface area contributed by atoms with Crippen molar-refractivity contribution in [3.8, 4) is 0 Å².